The first kappa shape index (κ1) is 14.9. The molecule has 1 aliphatic rings. The second-order valence-corrected chi connectivity index (χ2v) is 6.46. The topological polar surface area (TPSA) is 58.6 Å². The zero-order valence-corrected chi connectivity index (χ0v) is 11.6. The Morgan fingerprint density at radius 3 is 2.88 bits per heavy atom. The van der Waals surface area contributed by atoms with Gasteiger partial charge in [0, 0.05) is 26.2 Å². The van der Waals surface area contributed by atoms with Crippen LogP contribution in [0, 0.1) is 5.92 Å². The van der Waals surface area contributed by atoms with Crippen molar-refractivity contribution in [3.05, 3.63) is 0 Å². The Kier molecular flexibility index (Phi) is 6.40. The smallest absolute Gasteiger partial charge is 0.208 e. The molecule has 17 heavy (non-hydrogen) atoms. The van der Waals surface area contributed by atoms with Gasteiger partial charge < -0.3 is 9.64 Å². The van der Waals surface area contributed by atoms with Crippen molar-refractivity contribution in [1.29, 1.82) is 0 Å². The lowest BCUT2D eigenvalue weighted by atomic mass is 9.98. The second kappa shape index (κ2) is 7.31. The Balaban J connectivity index is 2.24. The van der Waals surface area contributed by atoms with Gasteiger partial charge in [-0.25, -0.2) is 13.1 Å². The van der Waals surface area contributed by atoms with Crippen LogP contribution in [0.25, 0.3) is 0 Å². The summed E-state index contributed by atoms with van der Waals surface area (Å²) in [5.74, 6) is 0.431. The molecule has 1 unspecified atom stereocenters. The quantitative estimate of drug-likeness (QED) is 0.671. The zero-order valence-electron chi connectivity index (χ0n) is 10.8. The molecule has 0 aromatic heterocycles. The Labute approximate surface area is 105 Å². The van der Waals surface area contributed by atoms with Crippen molar-refractivity contribution in [2.24, 2.45) is 5.92 Å². The van der Waals surface area contributed by atoms with E-state index in [0.29, 0.717) is 12.5 Å². The molecule has 5 nitrogen and oxygen atoms in total. The first-order chi connectivity index (χ1) is 8.01. The van der Waals surface area contributed by atoms with Crippen LogP contribution in [0.4, 0.5) is 0 Å². The molecule has 102 valence electrons. The third-order valence-corrected chi connectivity index (χ3v) is 3.68. The molecule has 0 saturated carbocycles. The average molecular weight is 264 g/mol. The van der Waals surface area contributed by atoms with Crippen molar-refractivity contribution < 1.29 is 13.2 Å². The first-order valence-electron chi connectivity index (χ1n) is 6.26. The van der Waals surface area contributed by atoms with Gasteiger partial charge in [-0.2, -0.15) is 0 Å². The third-order valence-electron chi connectivity index (χ3n) is 2.99. The van der Waals surface area contributed by atoms with E-state index in [1.807, 2.05) is 6.92 Å². The van der Waals surface area contributed by atoms with Crippen molar-refractivity contribution in [1.82, 2.24) is 9.62 Å². The summed E-state index contributed by atoms with van der Waals surface area (Å²) in [7, 11) is -3.06. The molecule has 1 saturated heterocycles. The summed E-state index contributed by atoms with van der Waals surface area (Å²) in [4.78, 5) is 2.35. The molecule has 1 fully saturated rings. The summed E-state index contributed by atoms with van der Waals surface area (Å²) in [6.07, 6.45) is 3.46. The minimum atomic E-state index is -3.06. The van der Waals surface area contributed by atoms with E-state index in [2.05, 4.69) is 9.62 Å². The van der Waals surface area contributed by atoms with Gasteiger partial charge in [0.05, 0.1) is 12.9 Å². The average Bonchev–Trinajstić information content (AvgIpc) is 2.27. The maximum atomic E-state index is 11.0. The van der Waals surface area contributed by atoms with Crippen LogP contribution in [0.2, 0.25) is 0 Å². The standard InChI is InChI=1S/C11H24N2O3S/c1-3-16-8-7-13-6-4-5-11(10-13)9-12-17(2,14)15/h11-12H,3-10H2,1-2H3. The van der Waals surface area contributed by atoms with Crippen molar-refractivity contribution >= 4 is 10.0 Å². The maximum Gasteiger partial charge on any atom is 0.208 e. The number of likely N-dealkylation sites (tertiary alicyclic amines) is 1. The minimum Gasteiger partial charge on any atom is -0.380 e. The molecule has 1 rings (SSSR count). The van der Waals surface area contributed by atoms with Gasteiger partial charge in [0.25, 0.3) is 0 Å². The fourth-order valence-electron chi connectivity index (χ4n) is 2.13. The zero-order chi connectivity index (χ0) is 12.7. The number of ether oxygens (including phenoxy) is 1. The van der Waals surface area contributed by atoms with Crippen LogP contribution in [0.5, 0.6) is 0 Å². The van der Waals surface area contributed by atoms with Crippen LogP contribution in [-0.4, -0.2) is 59.0 Å². The van der Waals surface area contributed by atoms with E-state index in [1.54, 1.807) is 0 Å². The Bertz CT molecular complexity index is 306. The van der Waals surface area contributed by atoms with Gasteiger partial charge in [-0.15, -0.1) is 0 Å². The van der Waals surface area contributed by atoms with Gasteiger partial charge >= 0.3 is 0 Å². The molecule has 0 aromatic carbocycles. The number of hydrogen-bond donors (Lipinski definition) is 1. The van der Waals surface area contributed by atoms with Crippen molar-refractivity contribution in [3.63, 3.8) is 0 Å². The minimum absolute atomic E-state index is 0.431. The molecular formula is C11H24N2O3S. The predicted octanol–water partition coefficient (Wildman–Crippen LogP) is 0.284. The molecule has 0 aliphatic carbocycles. The Hall–Kier alpha value is -0.170. The summed E-state index contributed by atoms with van der Waals surface area (Å²) in [6, 6.07) is 0. The van der Waals surface area contributed by atoms with E-state index in [-0.39, 0.29) is 0 Å². The Morgan fingerprint density at radius 2 is 2.24 bits per heavy atom. The number of rotatable bonds is 7. The van der Waals surface area contributed by atoms with Crippen LogP contribution in [0.15, 0.2) is 0 Å². The number of sulfonamides is 1. The highest BCUT2D eigenvalue weighted by Crippen LogP contribution is 2.15. The summed E-state index contributed by atoms with van der Waals surface area (Å²) in [5, 5.41) is 0. The maximum absolute atomic E-state index is 11.0. The van der Waals surface area contributed by atoms with Gasteiger partial charge in [0.2, 0.25) is 10.0 Å². The number of hydrogen-bond acceptors (Lipinski definition) is 4. The monoisotopic (exact) mass is 264 g/mol. The SMILES string of the molecule is CCOCCN1CCCC(CNS(C)(=O)=O)C1. The highest BCUT2D eigenvalue weighted by atomic mass is 32.2. The largest absolute Gasteiger partial charge is 0.380 e. The number of piperidine rings is 1. The Morgan fingerprint density at radius 1 is 1.47 bits per heavy atom. The summed E-state index contributed by atoms with van der Waals surface area (Å²) < 4.78 is 30.0. The third kappa shape index (κ3) is 6.98. The van der Waals surface area contributed by atoms with Crippen LogP contribution >= 0.6 is 0 Å². The van der Waals surface area contributed by atoms with Gasteiger partial charge in [0.15, 0.2) is 0 Å². The highest BCUT2D eigenvalue weighted by molar-refractivity contribution is 7.88. The van der Waals surface area contributed by atoms with Crippen LogP contribution in [0.1, 0.15) is 19.8 Å². The molecule has 1 aliphatic heterocycles. The molecule has 6 heteroatoms. The molecule has 0 bridgehead atoms. The van der Waals surface area contributed by atoms with Gasteiger partial charge in [0.1, 0.15) is 0 Å². The van der Waals surface area contributed by atoms with Crippen LogP contribution in [-0.2, 0) is 14.8 Å². The summed E-state index contributed by atoms with van der Waals surface area (Å²) in [6.45, 7) is 7.09. The van der Waals surface area contributed by atoms with Crippen LogP contribution in [0.3, 0.4) is 0 Å². The van der Waals surface area contributed by atoms with Crippen molar-refractivity contribution in [3.8, 4) is 0 Å². The molecule has 0 aromatic rings. The van der Waals surface area contributed by atoms with E-state index in [0.717, 1.165) is 45.7 Å². The molecule has 0 spiro atoms. The molecule has 1 heterocycles. The molecule has 0 radical (unpaired) electrons. The normalized spacial score (nSPS) is 22.8. The first-order valence-corrected chi connectivity index (χ1v) is 8.15. The molecule has 0 amide bonds. The van der Waals surface area contributed by atoms with Crippen molar-refractivity contribution in [2.75, 3.05) is 45.6 Å². The van der Waals surface area contributed by atoms with E-state index in [1.165, 1.54) is 6.26 Å². The van der Waals surface area contributed by atoms with Gasteiger partial charge in [-0.1, -0.05) is 0 Å². The number of nitrogens with one attached hydrogen (secondary N) is 1. The van der Waals surface area contributed by atoms with E-state index >= 15 is 0 Å². The lowest BCUT2D eigenvalue weighted by Crippen LogP contribution is -2.41. The van der Waals surface area contributed by atoms with Crippen LogP contribution < -0.4 is 4.72 Å². The predicted molar refractivity (Wildman–Crippen MR) is 68.5 cm³/mol. The van der Waals surface area contributed by atoms with E-state index in [9.17, 15) is 8.42 Å². The molecular weight excluding hydrogens is 240 g/mol. The fourth-order valence-corrected chi connectivity index (χ4v) is 2.67. The molecule has 1 atom stereocenters. The summed E-state index contributed by atoms with van der Waals surface area (Å²) in [5.41, 5.74) is 0. The summed E-state index contributed by atoms with van der Waals surface area (Å²) >= 11 is 0. The van der Waals surface area contributed by atoms with Gasteiger partial charge in [-0.3, -0.25) is 0 Å². The van der Waals surface area contributed by atoms with Crippen molar-refractivity contribution in [2.45, 2.75) is 19.8 Å². The highest BCUT2D eigenvalue weighted by Gasteiger charge is 2.20. The fraction of sp³-hybridized carbons (Fsp3) is 1.00. The van der Waals surface area contributed by atoms with E-state index in [4.69, 9.17) is 4.74 Å². The molecule has 1 N–H and O–H groups in total. The van der Waals surface area contributed by atoms with Gasteiger partial charge in [-0.05, 0) is 32.2 Å². The lowest BCUT2D eigenvalue weighted by Gasteiger charge is -2.32. The lowest BCUT2D eigenvalue weighted by molar-refractivity contribution is 0.0924. The number of nitrogens with zero attached hydrogens (tertiary/aromatic N) is 1. The van der Waals surface area contributed by atoms with E-state index < -0.39 is 10.0 Å². The second-order valence-electron chi connectivity index (χ2n) is 4.63.